The fraction of sp³-hybridized carbons (Fsp3) is 0.500. The zero-order chi connectivity index (χ0) is 10.8. The van der Waals surface area contributed by atoms with Crippen molar-refractivity contribution in [2.45, 2.75) is 19.9 Å². The van der Waals surface area contributed by atoms with Crippen molar-refractivity contribution in [2.24, 2.45) is 0 Å². The standard InChI is InChI=1S/C12H16FNO/c1-9-6-10-8-14(4-5-15)3-2-11(10)12(13)7-9/h6-7,15H,2-5,8H2,1H3. The number of aliphatic hydroxyl groups is 1. The SMILES string of the molecule is Cc1cc(F)c2c(c1)CN(CCO)CC2. The van der Waals surface area contributed by atoms with Crippen LogP contribution >= 0.6 is 0 Å². The average Bonchev–Trinajstić information content (AvgIpc) is 2.17. The summed E-state index contributed by atoms with van der Waals surface area (Å²) in [5, 5.41) is 8.86. The fourth-order valence-electron chi connectivity index (χ4n) is 2.19. The summed E-state index contributed by atoms with van der Waals surface area (Å²) in [6.45, 7) is 4.36. The fourth-order valence-corrected chi connectivity index (χ4v) is 2.19. The van der Waals surface area contributed by atoms with Crippen LogP contribution in [-0.2, 0) is 13.0 Å². The van der Waals surface area contributed by atoms with Crippen molar-refractivity contribution in [2.75, 3.05) is 19.7 Å². The van der Waals surface area contributed by atoms with E-state index < -0.39 is 0 Å². The Morgan fingerprint density at radius 1 is 1.47 bits per heavy atom. The number of hydrogen-bond acceptors (Lipinski definition) is 2. The van der Waals surface area contributed by atoms with E-state index in [0.29, 0.717) is 6.54 Å². The Labute approximate surface area is 89.3 Å². The van der Waals surface area contributed by atoms with Gasteiger partial charge in [0.1, 0.15) is 5.82 Å². The minimum atomic E-state index is -0.0753. The number of rotatable bonds is 2. The smallest absolute Gasteiger partial charge is 0.127 e. The normalized spacial score (nSPS) is 16.5. The van der Waals surface area contributed by atoms with E-state index in [2.05, 4.69) is 4.90 Å². The molecule has 1 aliphatic heterocycles. The first-order valence-corrected chi connectivity index (χ1v) is 5.32. The second kappa shape index (κ2) is 4.29. The lowest BCUT2D eigenvalue weighted by atomic mass is 9.97. The highest BCUT2D eigenvalue weighted by Gasteiger charge is 2.18. The molecule has 1 N–H and O–H groups in total. The summed E-state index contributed by atoms with van der Waals surface area (Å²) >= 11 is 0. The largest absolute Gasteiger partial charge is 0.395 e. The zero-order valence-electron chi connectivity index (χ0n) is 8.96. The van der Waals surface area contributed by atoms with Crippen molar-refractivity contribution in [3.8, 4) is 0 Å². The van der Waals surface area contributed by atoms with E-state index in [1.54, 1.807) is 6.07 Å². The molecule has 1 heterocycles. The van der Waals surface area contributed by atoms with Crippen LogP contribution in [-0.4, -0.2) is 29.7 Å². The number of hydrogen-bond donors (Lipinski definition) is 1. The Bertz CT molecular complexity index is 365. The van der Waals surface area contributed by atoms with Crippen LogP contribution in [0.1, 0.15) is 16.7 Å². The number of fused-ring (bicyclic) bond motifs is 1. The highest BCUT2D eigenvalue weighted by Crippen LogP contribution is 2.22. The number of benzene rings is 1. The van der Waals surface area contributed by atoms with E-state index in [1.807, 2.05) is 13.0 Å². The van der Waals surface area contributed by atoms with E-state index in [9.17, 15) is 4.39 Å². The number of nitrogens with zero attached hydrogens (tertiary/aromatic N) is 1. The van der Waals surface area contributed by atoms with Gasteiger partial charge in [0.2, 0.25) is 0 Å². The summed E-state index contributed by atoms with van der Waals surface area (Å²) in [5.41, 5.74) is 2.90. The van der Waals surface area contributed by atoms with Crippen LogP contribution in [0.4, 0.5) is 4.39 Å². The Hall–Kier alpha value is -0.930. The number of halogens is 1. The number of aliphatic hydroxyl groups excluding tert-OH is 1. The molecule has 1 aromatic rings. The monoisotopic (exact) mass is 209 g/mol. The van der Waals surface area contributed by atoms with Gasteiger partial charge >= 0.3 is 0 Å². The molecule has 0 spiro atoms. The van der Waals surface area contributed by atoms with Crippen LogP contribution in [0.3, 0.4) is 0 Å². The number of aryl methyl sites for hydroxylation is 1. The van der Waals surface area contributed by atoms with Crippen molar-refractivity contribution in [1.82, 2.24) is 4.90 Å². The molecular weight excluding hydrogens is 193 g/mol. The van der Waals surface area contributed by atoms with Crippen molar-refractivity contribution in [3.63, 3.8) is 0 Å². The Kier molecular flexibility index (Phi) is 3.03. The van der Waals surface area contributed by atoms with E-state index in [0.717, 1.165) is 36.2 Å². The van der Waals surface area contributed by atoms with Gasteiger partial charge in [0.25, 0.3) is 0 Å². The molecule has 2 nitrogen and oxygen atoms in total. The van der Waals surface area contributed by atoms with Crippen LogP contribution in [0.15, 0.2) is 12.1 Å². The van der Waals surface area contributed by atoms with Crippen molar-refractivity contribution in [3.05, 3.63) is 34.6 Å². The molecule has 0 fully saturated rings. The average molecular weight is 209 g/mol. The molecule has 0 amide bonds. The van der Waals surface area contributed by atoms with Gasteiger partial charge in [-0.25, -0.2) is 4.39 Å². The molecule has 0 saturated carbocycles. The summed E-state index contributed by atoms with van der Waals surface area (Å²) in [4.78, 5) is 2.15. The maximum absolute atomic E-state index is 13.6. The molecule has 1 aromatic carbocycles. The Balaban J connectivity index is 2.25. The molecule has 0 bridgehead atoms. The third-order valence-corrected chi connectivity index (χ3v) is 2.92. The van der Waals surface area contributed by atoms with Crippen LogP contribution < -0.4 is 0 Å². The third kappa shape index (κ3) is 2.19. The summed E-state index contributed by atoms with van der Waals surface area (Å²) < 4.78 is 13.6. The van der Waals surface area contributed by atoms with Crippen molar-refractivity contribution in [1.29, 1.82) is 0 Å². The van der Waals surface area contributed by atoms with Gasteiger partial charge < -0.3 is 5.11 Å². The second-order valence-corrected chi connectivity index (χ2v) is 4.13. The Morgan fingerprint density at radius 3 is 3.00 bits per heavy atom. The van der Waals surface area contributed by atoms with Gasteiger partial charge in [0.15, 0.2) is 0 Å². The van der Waals surface area contributed by atoms with Crippen LogP contribution in [0.25, 0.3) is 0 Å². The predicted molar refractivity (Wildman–Crippen MR) is 57.2 cm³/mol. The predicted octanol–water partition coefficient (Wildman–Crippen LogP) is 1.48. The van der Waals surface area contributed by atoms with E-state index in [-0.39, 0.29) is 12.4 Å². The topological polar surface area (TPSA) is 23.5 Å². The molecule has 0 aromatic heterocycles. The van der Waals surface area contributed by atoms with Gasteiger partial charge in [-0.2, -0.15) is 0 Å². The lowest BCUT2D eigenvalue weighted by Gasteiger charge is -2.28. The van der Waals surface area contributed by atoms with E-state index >= 15 is 0 Å². The Morgan fingerprint density at radius 2 is 2.27 bits per heavy atom. The van der Waals surface area contributed by atoms with Crippen molar-refractivity contribution >= 4 is 0 Å². The second-order valence-electron chi connectivity index (χ2n) is 4.13. The van der Waals surface area contributed by atoms with Gasteiger partial charge in [-0.3, -0.25) is 4.90 Å². The lowest BCUT2D eigenvalue weighted by Crippen LogP contribution is -2.33. The molecule has 15 heavy (non-hydrogen) atoms. The molecule has 2 rings (SSSR count). The molecular formula is C12H16FNO. The molecule has 0 unspecified atom stereocenters. The van der Waals surface area contributed by atoms with Gasteiger partial charge in [0.05, 0.1) is 6.61 Å². The molecule has 3 heteroatoms. The van der Waals surface area contributed by atoms with Gasteiger partial charge in [-0.05, 0) is 36.1 Å². The van der Waals surface area contributed by atoms with Crippen molar-refractivity contribution < 1.29 is 9.50 Å². The zero-order valence-corrected chi connectivity index (χ0v) is 8.96. The summed E-state index contributed by atoms with van der Waals surface area (Å²) in [5.74, 6) is -0.0753. The van der Waals surface area contributed by atoms with E-state index in [1.165, 1.54) is 0 Å². The molecule has 0 radical (unpaired) electrons. The minimum absolute atomic E-state index is 0.0753. The first-order valence-electron chi connectivity index (χ1n) is 5.32. The summed E-state index contributed by atoms with van der Waals surface area (Å²) in [6, 6.07) is 3.64. The molecule has 0 aliphatic carbocycles. The van der Waals surface area contributed by atoms with Crippen LogP contribution in [0.2, 0.25) is 0 Å². The first-order chi connectivity index (χ1) is 7.20. The van der Waals surface area contributed by atoms with Gasteiger partial charge in [-0.15, -0.1) is 0 Å². The first kappa shape index (κ1) is 10.6. The minimum Gasteiger partial charge on any atom is -0.395 e. The molecule has 1 aliphatic rings. The third-order valence-electron chi connectivity index (χ3n) is 2.92. The number of β-amino-alcohol motifs (C(OH)–C–C–N with tert-alkyl or cyclic N) is 1. The molecule has 0 atom stereocenters. The van der Waals surface area contributed by atoms with Gasteiger partial charge in [-0.1, -0.05) is 6.07 Å². The lowest BCUT2D eigenvalue weighted by molar-refractivity contribution is 0.183. The molecule has 82 valence electrons. The summed E-state index contributed by atoms with van der Waals surface area (Å²) in [6.07, 6.45) is 0.751. The van der Waals surface area contributed by atoms with Crippen LogP contribution in [0.5, 0.6) is 0 Å². The van der Waals surface area contributed by atoms with Crippen LogP contribution in [0, 0.1) is 12.7 Å². The van der Waals surface area contributed by atoms with E-state index in [4.69, 9.17) is 5.11 Å². The maximum atomic E-state index is 13.6. The summed E-state index contributed by atoms with van der Waals surface area (Å²) in [7, 11) is 0. The molecule has 0 saturated heterocycles. The maximum Gasteiger partial charge on any atom is 0.127 e. The quantitative estimate of drug-likeness (QED) is 0.797. The highest BCUT2D eigenvalue weighted by atomic mass is 19.1. The van der Waals surface area contributed by atoms with Gasteiger partial charge in [0, 0.05) is 19.6 Å². The highest BCUT2D eigenvalue weighted by molar-refractivity contribution is 5.34.